The van der Waals surface area contributed by atoms with Crippen LogP contribution < -0.4 is 5.32 Å². The molecule has 2 atom stereocenters. The van der Waals surface area contributed by atoms with Gasteiger partial charge in [-0.25, -0.2) is 0 Å². The molecule has 2 unspecified atom stereocenters. The third-order valence-electron chi connectivity index (χ3n) is 6.49. The zero-order valence-electron chi connectivity index (χ0n) is 18.0. The predicted molar refractivity (Wildman–Crippen MR) is 112 cm³/mol. The van der Waals surface area contributed by atoms with Crippen molar-refractivity contribution in [2.24, 2.45) is 10.9 Å². The molecule has 3 fully saturated rings. The lowest BCUT2D eigenvalue weighted by Gasteiger charge is -2.42. The summed E-state index contributed by atoms with van der Waals surface area (Å²) < 4.78 is 5.52. The standard InChI is InChI=1S/C21H41N5O/c1-5-22-20(23-17-21(3,4)26-9-6-7-18(2)15-26)25-10-8-19(16-25)24-11-13-27-14-12-24/h18-19H,5-17H2,1-4H3,(H,22,23). The van der Waals surface area contributed by atoms with E-state index in [4.69, 9.17) is 9.73 Å². The topological polar surface area (TPSA) is 43.3 Å². The van der Waals surface area contributed by atoms with Crippen LogP contribution in [0.1, 0.15) is 47.0 Å². The Morgan fingerprint density at radius 2 is 1.89 bits per heavy atom. The van der Waals surface area contributed by atoms with Crippen molar-refractivity contribution in [2.75, 3.05) is 65.6 Å². The van der Waals surface area contributed by atoms with Gasteiger partial charge < -0.3 is 15.0 Å². The van der Waals surface area contributed by atoms with Crippen LogP contribution in [0.4, 0.5) is 0 Å². The van der Waals surface area contributed by atoms with E-state index in [-0.39, 0.29) is 5.54 Å². The maximum absolute atomic E-state index is 5.52. The number of hydrogen-bond donors (Lipinski definition) is 1. The quantitative estimate of drug-likeness (QED) is 0.584. The van der Waals surface area contributed by atoms with Gasteiger partial charge in [0, 0.05) is 50.8 Å². The van der Waals surface area contributed by atoms with E-state index >= 15 is 0 Å². The van der Waals surface area contributed by atoms with Gasteiger partial charge in [-0.2, -0.15) is 0 Å². The second kappa shape index (κ2) is 9.57. The first kappa shape index (κ1) is 20.9. The molecule has 27 heavy (non-hydrogen) atoms. The number of ether oxygens (including phenoxy) is 1. The highest BCUT2D eigenvalue weighted by Gasteiger charge is 2.32. The van der Waals surface area contributed by atoms with Gasteiger partial charge in [-0.3, -0.25) is 14.8 Å². The number of likely N-dealkylation sites (tertiary alicyclic amines) is 2. The number of piperidine rings is 1. The van der Waals surface area contributed by atoms with Gasteiger partial charge in [-0.1, -0.05) is 6.92 Å². The van der Waals surface area contributed by atoms with Crippen LogP contribution in [0.15, 0.2) is 4.99 Å². The van der Waals surface area contributed by atoms with Crippen LogP contribution in [0.2, 0.25) is 0 Å². The summed E-state index contributed by atoms with van der Waals surface area (Å²) in [5.74, 6) is 1.91. The third-order valence-corrected chi connectivity index (χ3v) is 6.49. The van der Waals surface area contributed by atoms with Crippen LogP contribution in [0.5, 0.6) is 0 Å². The van der Waals surface area contributed by atoms with Gasteiger partial charge in [0.15, 0.2) is 5.96 Å². The Morgan fingerprint density at radius 1 is 1.11 bits per heavy atom. The molecule has 3 aliphatic heterocycles. The number of nitrogens with zero attached hydrogens (tertiary/aromatic N) is 4. The van der Waals surface area contributed by atoms with Crippen LogP contribution in [0.3, 0.4) is 0 Å². The molecule has 6 heteroatoms. The summed E-state index contributed by atoms with van der Waals surface area (Å²) in [6.45, 7) is 19.6. The molecule has 0 aromatic carbocycles. The summed E-state index contributed by atoms with van der Waals surface area (Å²) in [6, 6.07) is 0.647. The normalized spacial score (nSPS) is 29.3. The molecule has 0 aromatic heterocycles. The maximum Gasteiger partial charge on any atom is 0.194 e. The Morgan fingerprint density at radius 3 is 2.59 bits per heavy atom. The highest BCUT2D eigenvalue weighted by atomic mass is 16.5. The molecular formula is C21H41N5O. The van der Waals surface area contributed by atoms with Crippen LogP contribution >= 0.6 is 0 Å². The number of hydrogen-bond acceptors (Lipinski definition) is 4. The molecule has 1 N–H and O–H groups in total. The van der Waals surface area contributed by atoms with Crippen LogP contribution in [0.25, 0.3) is 0 Å². The van der Waals surface area contributed by atoms with Gasteiger partial charge in [0.05, 0.1) is 19.8 Å². The lowest BCUT2D eigenvalue weighted by atomic mass is 9.94. The van der Waals surface area contributed by atoms with Gasteiger partial charge in [-0.05, 0) is 52.5 Å². The van der Waals surface area contributed by atoms with Crippen LogP contribution in [-0.4, -0.2) is 97.8 Å². The van der Waals surface area contributed by atoms with Gasteiger partial charge >= 0.3 is 0 Å². The number of guanidine groups is 1. The van der Waals surface area contributed by atoms with Crippen molar-refractivity contribution in [3.63, 3.8) is 0 Å². The van der Waals surface area contributed by atoms with E-state index in [1.54, 1.807) is 0 Å². The molecule has 0 saturated carbocycles. The summed E-state index contributed by atoms with van der Waals surface area (Å²) in [5.41, 5.74) is 0.124. The van der Waals surface area contributed by atoms with Gasteiger partial charge in [0.2, 0.25) is 0 Å². The second-order valence-corrected chi connectivity index (χ2v) is 9.21. The van der Waals surface area contributed by atoms with Crippen LogP contribution in [0, 0.1) is 5.92 Å². The fourth-order valence-electron chi connectivity index (χ4n) is 4.71. The van der Waals surface area contributed by atoms with Crippen molar-refractivity contribution in [2.45, 2.75) is 58.5 Å². The molecule has 6 nitrogen and oxygen atoms in total. The number of rotatable bonds is 5. The number of aliphatic imine (C=N–C) groups is 1. The van der Waals surface area contributed by atoms with Crippen molar-refractivity contribution in [1.29, 1.82) is 0 Å². The lowest BCUT2D eigenvalue weighted by molar-refractivity contribution is 0.0194. The molecule has 0 bridgehead atoms. The molecule has 0 spiro atoms. The van der Waals surface area contributed by atoms with E-state index in [1.165, 1.54) is 32.4 Å². The van der Waals surface area contributed by atoms with Gasteiger partial charge in [-0.15, -0.1) is 0 Å². The number of morpholine rings is 1. The van der Waals surface area contributed by atoms with E-state index in [0.29, 0.717) is 6.04 Å². The van der Waals surface area contributed by atoms with E-state index in [1.807, 2.05) is 0 Å². The maximum atomic E-state index is 5.52. The van der Waals surface area contributed by atoms with E-state index in [0.717, 1.165) is 64.4 Å². The molecule has 0 aliphatic carbocycles. The average Bonchev–Trinajstić information content (AvgIpc) is 3.16. The average molecular weight is 380 g/mol. The first-order valence-electron chi connectivity index (χ1n) is 11.1. The number of nitrogens with one attached hydrogen (secondary N) is 1. The minimum Gasteiger partial charge on any atom is -0.379 e. The molecule has 3 heterocycles. The van der Waals surface area contributed by atoms with E-state index in [9.17, 15) is 0 Å². The highest BCUT2D eigenvalue weighted by molar-refractivity contribution is 5.80. The highest BCUT2D eigenvalue weighted by Crippen LogP contribution is 2.24. The van der Waals surface area contributed by atoms with Crippen molar-refractivity contribution in [1.82, 2.24) is 20.0 Å². The first-order chi connectivity index (χ1) is 13.0. The molecule has 0 amide bonds. The van der Waals surface area contributed by atoms with Crippen molar-refractivity contribution in [3.05, 3.63) is 0 Å². The van der Waals surface area contributed by atoms with Crippen molar-refractivity contribution in [3.8, 4) is 0 Å². The molecular weight excluding hydrogens is 338 g/mol. The third kappa shape index (κ3) is 5.58. The fraction of sp³-hybridized carbons (Fsp3) is 0.952. The molecule has 0 aromatic rings. The first-order valence-corrected chi connectivity index (χ1v) is 11.1. The summed E-state index contributed by atoms with van der Waals surface area (Å²) in [6.07, 6.45) is 3.92. The summed E-state index contributed by atoms with van der Waals surface area (Å²) in [4.78, 5) is 12.8. The summed E-state index contributed by atoms with van der Waals surface area (Å²) >= 11 is 0. The fourth-order valence-corrected chi connectivity index (χ4v) is 4.71. The molecule has 156 valence electrons. The largest absolute Gasteiger partial charge is 0.379 e. The molecule has 0 radical (unpaired) electrons. The zero-order valence-corrected chi connectivity index (χ0v) is 18.0. The molecule has 3 rings (SSSR count). The Bertz CT molecular complexity index is 489. The monoisotopic (exact) mass is 379 g/mol. The molecule has 3 saturated heterocycles. The SMILES string of the molecule is CCNC(=NCC(C)(C)N1CCCC(C)C1)N1CCC(N2CCOCC2)C1. The lowest BCUT2D eigenvalue weighted by Crippen LogP contribution is -2.51. The van der Waals surface area contributed by atoms with Crippen molar-refractivity contribution >= 4 is 5.96 Å². The second-order valence-electron chi connectivity index (χ2n) is 9.21. The van der Waals surface area contributed by atoms with E-state index < -0.39 is 0 Å². The van der Waals surface area contributed by atoms with Gasteiger partial charge in [0.25, 0.3) is 0 Å². The van der Waals surface area contributed by atoms with Gasteiger partial charge in [0.1, 0.15) is 0 Å². The van der Waals surface area contributed by atoms with Crippen LogP contribution in [-0.2, 0) is 4.74 Å². The van der Waals surface area contributed by atoms with Crippen molar-refractivity contribution < 1.29 is 4.74 Å². The summed E-state index contributed by atoms with van der Waals surface area (Å²) in [7, 11) is 0. The smallest absolute Gasteiger partial charge is 0.194 e. The Hall–Kier alpha value is -0.850. The zero-order chi connectivity index (χ0) is 19.3. The van der Waals surface area contributed by atoms with E-state index in [2.05, 4.69) is 47.7 Å². The minimum atomic E-state index is 0.124. The Balaban J connectivity index is 1.59. The minimum absolute atomic E-state index is 0.124. The Labute approximate surface area is 166 Å². The predicted octanol–water partition coefficient (Wildman–Crippen LogP) is 1.87. The Kier molecular flexibility index (Phi) is 7.40. The molecule has 3 aliphatic rings. The summed E-state index contributed by atoms with van der Waals surface area (Å²) in [5, 5.41) is 3.55.